The van der Waals surface area contributed by atoms with E-state index < -0.39 is 131 Å². The SMILES string of the molecule is CC(C)C[C@@H]1NC(=O)[C@@H]2CCCNCCCCCNCCC[C@H](NC(=O)C(C(C)C)NC(=O)[C@@H]3CCCN3C(=O)C(Cc3ccccc3)NC1=O)C(=O)N[C@@H](CC(C)C)C(=O)N[C@H](Cc1ccccc1)C(=O)N1CCC[C@H]1C(=O)N[C@@H](C(C)C)C(=O)N2. The number of amides is 10. The molecule has 0 radical (unpaired) electrons. The van der Waals surface area contributed by atoms with Gasteiger partial charge in [0.15, 0.2) is 0 Å². The molecular weight excluding hydrogens is 1110 g/mol. The number of hydrogen-bond donors (Lipinski definition) is 10. The van der Waals surface area contributed by atoms with Gasteiger partial charge in [0.1, 0.15) is 60.4 Å². The summed E-state index contributed by atoms with van der Waals surface area (Å²) in [5, 5.41) is 30.4. The Bertz CT molecular complexity index is 2450. The molecule has 2 unspecified atom stereocenters. The fourth-order valence-corrected chi connectivity index (χ4v) is 12.0. The smallest absolute Gasteiger partial charge is 0.246 e. The third-order valence-electron chi connectivity index (χ3n) is 16.8. The maximum atomic E-state index is 15.0. The Kier molecular flexibility index (Phi) is 27.5. The van der Waals surface area contributed by atoms with Crippen LogP contribution in [0.25, 0.3) is 0 Å². The number of carbonyl (C=O) groups is 10. The maximum absolute atomic E-state index is 15.0. The lowest BCUT2D eigenvalue weighted by Crippen LogP contribution is -2.62. The van der Waals surface area contributed by atoms with Crippen molar-refractivity contribution >= 4 is 59.1 Å². The molecule has 2 aromatic carbocycles. The van der Waals surface area contributed by atoms with E-state index in [1.54, 1.807) is 27.7 Å². The second kappa shape index (κ2) is 34.6. The zero-order valence-corrected chi connectivity index (χ0v) is 52.7. The number of nitrogens with one attached hydrogen (secondary N) is 10. The molecule has 4 aliphatic heterocycles. The number of hydrogen-bond acceptors (Lipinski definition) is 12. The van der Waals surface area contributed by atoms with Gasteiger partial charge >= 0.3 is 0 Å². The number of nitrogens with zero attached hydrogens (tertiary/aromatic N) is 2. The van der Waals surface area contributed by atoms with E-state index in [4.69, 9.17) is 0 Å². The minimum atomic E-state index is -1.20. The minimum absolute atomic E-state index is 0.0450. The largest absolute Gasteiger partial charge is 0.343 e. The molecule has 10 N–H and O–H groups in total. The van der Waals surface area contributed by atoms with Gasteiger partial charge in [-0.15, -0.1) is 0 Å². The van der Waals surface area contributed by atoms with Crippen molar-refractivity contribution in [3.8, 4) is 0 Å². The summed E-state index contributed by atoms with van der Waals surface area (Å²) >= 11 is 0. The predicted octanol–water partition coefficient (Wildman–Crippen LogP) is 2.67. The molecule has 4 fully saturated rings. The van der Waals surface area contributed by atoms with Crippen LogP contribution in [0.3, 0.4) is 0 Å². The van der Waals surface area contributed by atoms with Crippen LogP contribution in [-0.4, -0.2) is 169 Å². The molecule has 0 aliphatic carbocycles. The molecule has 87 heavy (non-hydrogen) atoms. The minimum Gasteiger partial charge on any atom is -0.343 e. The van der Waals surface area contributed by atoms with Crippen LogP contribution < -0.4 is 53.2 Å². The zero-order chi connectivity index (χ0) is 63.2. The first-order chi connectivity index (χ1) is 41.6. The summed E-state index contributed by atoms with van der Waals surface area (Å²) in [6.45, 7) is 17.4. The van der Waals surface area contributed by atoms with E-state index in [0.717, 1.165) is 30.4 Å². The normalized spacial score (nSPS) is 27.7. The Labute approximate surface area is 514 Å². The molecule has 2 aromatic rings. The van der Waals surface area contributed by atoms with Crippen LogP contribution in [-0.2, 0) is 60.8 Å². The highest BCUT2D eigenvalue weighted by molar-refractivity contribution is 6.00. The van der Waals surface area contributed by atoms with Gasteiger partial charge in [-0.25, -0.2) is 0 Å². The molecule has 4 aliphatic rings. The van der Waals surface area contributed by atoms with Crippen LogP contribution in [0.4, 0.5) is 0 Å². The van der Waals surface area contributed by atoms with Crippen LogP contribution in [0.1, 0.15) is 150 Å². The molecule has 0 saturated carbocycles. The summed E-state index contributed by atoms with van der Waals surface area (Å²) in [5.41, 5.74) is 1.45. The number of benzene rings is 2. The van der Waals surface area contributed by atoms with Crippen molar-refractivity contribution in [1.82, 2.24) is 63.0 Å². The van der Waals surface area contributed by atoms with Gasteiger partial charge in [-0.3, -0.25) is 47.9 Å². The fourth-order valence-electron chi connectivity index (χ4n) is 12.0. The first-order valence-corrected chi connectivity index (χ1v) is 32.1. The second-order valence-electron chi connectivity index (χ2n) is 25.7. The molecule has 4 saturated heterocycles. The van der Waals surface area contributed by atoms with Crippen molar-refractivity contribution in [2.24, 2.45) is 23.7 Å². The fraction of sp³-hybridized carbons (Fsp3) is 0.662. The summed E-state index contributed by atoms with van der Waals surface area (Å²) in [6.07, 6.45) is 5.69. The van der Waals surface area contributed by atoms with Crippen molar-refractivity contribution in [2.45, 2.75) is 212 Å². The van der Waals surface area contributed by atoms with E-state index in [1.165, 1.54) is 9.80 Å². The third kappa shape index (κ3) is 21.1. The van der Waals surface area contributed by atoms with Gasteiger partial charge in [0, 0.05) is 25.9 Å². The number of carbonyl (C=O) groups excluding carboxylic acids is 10. The van der Waals surface area contributed by atoms with Gasteiger partial charge in [0.25, 0.3) is 0 Å². The first kappa shape index (κ1) is 69.2. The maximum Gasteiger partial charge on any atom is 0.246 e. The van der Waals surface area contributed by atoms with E-state index in [2.05, 4.69) is 53.2 Å². The standard InChI is InChI=1S/C65H100N12O10/c1-40(2)36-48-58(80)72-50(38-44-22-12-9-13-23-44)64(86)76-34-20-28-52(76)60(82)75-55(43(7)8)63(85)69-47-27-19-33-67-31-17-11-16-30-66-32-18-26-46(56(78)70-48)68-62(84)54(42(5)6)74-61(83)53-29-21-35-77(53)65(87)51(39-45-24-14-10-15-25-45)73-59(81)49(37-41(3)4)71-57(47)79/h9-10,12-15,22-25,40-43,46-55,66-67H,11,16-21,26-39H2,1-8H3,(H,68,84)(H,69,85)(H,70,78)(H,71,79)(H,72,80)(H,73,81)(H,74,83)(H,75,82)/t46-,47-,48-,49-,50+,51?,52-,53-,54?,55-/m0/s1. The highest BCUT2D eigenvalue weighted by Crippen LogP contribution is 2.24. The molecule has 0 aromatic heterocycles. The van der Waals surface area contributed by atoms with Crippen molar-refractivity contribution in [3.63, 3.8) is 0 Å². The number of rotatable bonds is 10. The number of fused-ring (bicyclic) bond motifs is 16. The van der Waals surface area contributed by atoms with E-state index in [1.807, 2.05) is 88.4 Å². The zero-order valence-electron chi connectivity index (χ0n) is 52.7. The van der Waals surface area contributed by atoms with Gasteiger partial charge in [-0.05, 0) is 138 Å². The molecule has 0 spiro atoms. The monoisotopic (exact) mass is 1210 g/mol. The molecule has 4 heterocycles. The molecule has 6 rings (SSSR count). The summed E-state index contributed by atoms with van der Waals surface area (Å²) in [6, 6.07) is 6.72. The molecule has 22 heteroatoms. The van der Waals surface area contributed by atoms with Crippen molar-refractivity contribution in [1.29, 1.82) is 0 Å². The van der Waals surface area contributed by atoms with E-state index >= 15 is 9.59 Å². The quantitative estimate of drug-likeness (QED) is 0.164. The molecule has 2 bridgehead atoms. The summed E-state index contributed by atoms with van der Waals surface area (Å²) in [7, 11) is 0. The summed E-state index contributed by atoms with van der Waals surface area (Å²) in [4.78, 5) is 151. The van der Waals surface area contributed by atoms with E-state index in [0.29, 0.717) is 51.9 Å². The Morgan fingerprint density at radius 3 is 1.08 bits per heavy atom. The second-order valence-corrected chi connectivity index (χ2v) is 25.7. The predicted molar refractivity (Wildman–Crippen MR) is 332 cm³/mol. The highest BCUT2D eigenvalue weighted by atomic mass is 16.2. The van der Waals surface area contributed by atoms with Gasteiger partial charge < -0.3 is 63.0 Å². The lowest BCUT2D eigenvalue weighted by atomic mass is 9.98. The Hall–Kier alpha value is -6.94. The third-order valence-corrected chi connectivity index (χ3v) is 16.8. The summed E-state index contributed by atoms with van der Waals surface area (Å²) < 4.78 is 0. The van der Waals surface area contributed by atoms with Crippen LogP contribution in [0.2, 0.25) is 0 Å². The molecule has 10 atom stereocenters. The average molecular weight is 1210 g/mol. The Morgan fingerprint density at radius 1 is 0.368 bits per heavy atom. The molecule has 10 amide bonds. The first-order valence-electron chi connectivity index (χ1n) is 32.1. The Balaban J connectivity index is 1.45. The summed E-state index contributed by atoms with van der Waals surface area (Å²) in [5.74, 6) is -7.34. The van der Waals surface area contributed by atoms with Crippen LogP contribution in [0.15, 0.2) is 60.7 Å². The lowest BCUT2D eigenvalue weighted by molar-refractivity contribution is -0.143. The van der Waals surface area contributed by atoms with Gasteiger partial charge in [0.2, 0.25) is 59.1 Å². The average Bonchev–Trinajstić information content (AvgIpc) is 2.53. The van der Waals surface area contributed by atoms with Crippen molar-refractivity contribution < 1.29 is 47.9 Å². The lowest BCUT2D eigenvalue weighted by Gasteiger charge is -2.33. The molecule has 480 valence electrons. The van der Waals surface area contributed by atoms with Crippen LogP contribution in [0.5, 0.6) is 0 Å². The van der Waals surface area contributed by atoms with Gasteiger partial charge in [-0.1, -0.05) is 122 Å². The molecule has 22 nitrogen and oxygen atoms in total. The van der Waals surface area contributed by atoms with Crippen molar-refractivity contribution in [2.75, 3.05) is 39.3 Å². The van der Waals surface area contributed by atoms with Crippen LogP contribution in [0, 0.1) is 23.7 Å². The van der Waals surface area contributed by atoms with E-state index in [9.17, 15) is 38.4 Å². The van der Waals surface area contributed by atoms with Gasteiger partial charge in [-0.2, -0.15) is 0 Å². The van der Waals surface area contributed by atoms with Gasteiger partial charge in [0.05, 0.1) is 0 Å². The van der Waals surface area contributed by atoms with Crippen LogP contribution >= 0.6 is 0 Å². The Morgan fingerprint density at radius 2 is 0.724 bits per heavy atom. The topological polar surface area (TPSA) is 297 Å². The van der Waals surface area contributed by atoms with E-state index in [-0.39, 0.29) is 76.3 Å². The molecular formula is C65H100N12O10. The van der Waals surface area contributed by atoms with Crippen molar-refractivity contribution in [3.05, 3.63) is 71.8 Å². The highest BCUT2D eigenvalue weighted by Gasteiger charge is 2.43.